The number of aromatic nitrogens is 1. The molecular weight excluding hydrogens is 264 g/mol. The van der Waals surface area contributed by atoms with Gasteiger partial charge in [-0.3, -0.25) is 4.98 Å². The van der Waals surface area contributed by atoms with Gasteiger partial charge in [-0.1, -0.05) is 6.07 Å². The van der Waals surface area contributed by atoms with Gasteiger partial charge < -0.3 is 10.0 Å². The number of hydrogen-bond donors (Lipinski definition) is 1. The highest BCUT2D eigenvalue weighted by atomic mass is 16.4. The van der Waals surface area contributed by atoms with Gasteiger partial charge in [0.15, 0.2) is 0 Å². The second-order valence-corrected chi connectivity index (χ2v) is 5.31. The average Bonchev–Trinajstić information content (AvgIpc) is 2.53. The zero-order valence-corrected chi connectivity index (χ0v) is 11.8. The summed E-state index contributed by atoms with van der Waals surface area (Å²) in [5.74, 6) is -0.858. The number of rotatable bonds is 4. The van der Waals surface area contributed by atoms with E-state index >= 15 is 0 Å². The van der Waals surface area contributed by atoms with Crippen LogP contribution in [0.25, 0.3) is 0 Å². The second-order valence-electron chi connectivity index (χ2n) is 5.31. The first kappa shape index (κ1) is 13.6. The first-order valence-electron chi connectivity index (χ1n) is 7.25. The molecule has 0 amide bonds. The van der Waals surface area contributed by atoms with Gasteiger partial charge in [0.05, 0.1) is 5.56 Å². The van der Waals surface area contributed by atoms with Crippen LogP contribution in [0.15, 0.2) is 42.6 Å². The fourth-order valence-corrected chi connectivity index (χ4v) is 2.84. The number of carbonyl (C=O) groups is 1. The third kappa shape index (κ3) is 3.05. The fraction of sp³-hybridized carbons (Fsp3) is 0.294. The third-order valence-electron chi connectivity index (χ3n) is 3.91. The van der Waals surface area contributed by atoms with E-state index in [1.165, 1.54) is 5.69 Å². The van der Waals surface area contributed by atoms with Crippen molar-refractivity contribution in [3.8, 4) is 0 Å². The van der Waals surface area contributed by atoms with Gasteiger partial charge in [-0.25, -0.2) is 4.79 Å². The van der Waals surface area contributed by atoms with Crippen molar-refractivity contribution in [2.75, 3.05) is 18.0 Å². The van der Waals surface area contributed by atoms with Gasteiger partial charge in [-0.05, 0) is 48.7 Å². The lowest BCUT2D eigenvalue weighted by atomic mass is 9.99. The van der Waals surface area contributed by atoms with E-state index in [4.69, 9.17) is 5.11 Å². The molecule has 4 nitrogen and oxygen atoms in total. The van der Waals surface area contributed by atoms with E-state index in [1.807, 2.05) is 36.5 Å². The van der Waals surface area contributed by atoms with Crippen LogP contribution in [0, 0.1) is 0 Å². The Balaban J connectivity index is 1.76. The number of aryl methyl sites for hydroxylation is 1. The summed E-state index contributed by atoms with van der Waals surface area (Å²) >= 11 is 0. The van der Waals surface area contributed by atoms with Crippen molar-refractivity contribution in [3.05, 3.63) is 59.4 Å². The number of carboxylic acid groups (broad SMARTS) is 1. The van der Waals surface area contributed by atoms with Gasteiger partial charge in [-0.15, -0.1) is 0 Å². The SMILES string of the molecule is O=C(O)c1ccc2c(c1)CCCN2CCc1ccccn1. The Morgan fingerprint density at radius 3 is 2.95 bits per heavy atom. The van der Waals surface area contributed by atoms with Crippen LogP contribution >= 0.6 is 0 Å². The fourth-order valence-electron chi connectivity index (χ4n) is 2.84. The highest BCUT2D eigenvalue weighted by Gasteiger charge is 2.18. The molecule has 3 rings (SSSR count). The number of hydrogen-bond acceptors (Lipinski definition) is 3. The lowest BCUT2D eigenvalue weighted by Gasteiger charge is -2.31. The van der Waals surface area contributed by atoms with Crippen LogP contribution in [0.3, 0.4) is 0 Å². The lowest BCUT2D eigenvalue weighted by molar-refractivity contribution is 0.0697. The van der Waals surface area contributed by atoms with Gasteiger partial charge in [-0.2, -0.15) is 0 Å². The molecule has 108 valence electrons. The molecular formula is C17H18N2O2. The van der Waals surface area contributed by atoms with Crippen molar-refractivity contribution in [2.45, 2.75) is 19.3 Å². The summed E-state index contributed by atoms with van der Waals surface area (Å²) in [6.45, 7) is 1.93. The number of carboxylic acids is 1. The topological polar surface area (TPSA) is 53.4 Å². The monoisotopic (exact) mass is 282 g/mol. The predicted octanol–water partition coefficient (Wildman–Crippen LogP) is 2.78. The minimum atomic E-state index is -0.858. The molecule has 0 radical (unpaired) electrons. The maximum atomic E-state index is 11.1. The normalized spacial score (nSPS) is 13.8. The minimum absolute atomic E-state index is 0.375. The molecule has 0 unspecified atom stereocenters. The maximum absolute atomic E-state index is 11.1. The Bertz CT molecular complexity index is 640. The van der Waals surface area contributed by atoms with Crippen molar-refractivity contribution in [3.63, 3.8) is 0 Å². The van der Waals surface area contributed by atoms with Crippen LogP contribution in [-0.2, 0) is 12.8 Å². The van der Waals surface area contributed by atoms with Crippen LogP contribution in [0.4, 0.5) is 5.69 Å². The van der Waals surface area contributed by atoms with Crippen LogP contribution in [0.1, 0.15) is 28.0 Å². The molecule has 0 aliphatic carbocycles. The molecule has 2 heterocycles. The summed E-state index contributed by atoms with van der Waals surface area (Å²) in [5.41, 5.74) is 3.77. The van der Waals surface area contributed by atoms with E-state index in [9.17, 15) is 4.79 Å². The average molecular weight is 282 g/mol. The number of fused-ring (bicyclic) bond motifs is 1. The number of aromatic carboxylic acids is 1. The first-order chi connectivity index (χ1) is 10.2. The Morgan fingerprint density at radius 1 is 1.29 bits per heavy atom. The van der Waals surface area contributed by atoms with E-state index < -0.39 is 5.97 Å². The Hall–Kier alpha value is -2.36. The number of nitrogens with zero attached hydrogens (tertiary/aromatic N) is 2. The molecule has 1 aromatic carbocycles. The van der Waals surface area contributed by atoms with Crippen molar-refractivity contribution < 1.29 is 9.90 Å². The zero-order valence-electron chi connectivity index (χ0n) is 11.8. The van der Waals surface area contributed by atoms with Crippen molar-refractivity contribution >= 4 is 11.7 Å². The summed E-state index contributed by atoms with van der Waals surface area (Å²) in [5, 5.41) is 9.08. The Labute approximate surface area is 124 Å². The van der Waals surface area contributed by atoms with Gasteiger partial charge in [0, 0.05) is 37.1 Å². The zero-order chi connectivity index (χ0) is 14.7. The van der Waals surface area contributed by atoms with Gasteiger partial charge in [0.1, 0.15) is 0 Å². The summed E-state index contributed by atoms with van der Waals surface area (Å²) < 4.78 is 0. The Morgan fingerprint density at radius 2 is 2.19 bits per heavy atom. The minimum Gasteiger partial charge on any atom is -0.478 e. The molecule has 0 atom stereocenters. The van der Waals surface area contributed by atoms with Gasteiger partial charge in [0.25, 0.3) is 0 Å². The smallest absolute Gasteiger partial charge is 0.335 e. The van der Waals surface area contributed by atoms with E-state index in [-0.39, 0.29) is 0 Å². The summed E-state index contributed by atoms with van der Waals surface area (Å²) in [6, 6.07) is 11.4. The molecule has 0 spiro atoms. The molecule has 0 fully saturated rings. The maximum Gasteiger partial charge on any atom is 0.335 e. The van der Waals surface area contributed by atoms with Crippen molar-refractivity contribution in [1.82, 2.24) is 4.98 Å². The standard InChI is InChI=1S/C17H18N2O2/c20-17(21)14-6-7-16-13(12-14)4-3-10-19(16)11-8-15-5-1-2-9-18-15/h1-2,5-7,9,12H,3-4,8,10-11H2,(H,20,21). The molecule has 4 heteroatoms. The summed E-state index contributed by atoms with van der Waals surface area (Å²) in [7, 11) is 0. The highest BCUT2D eigenvalue weighted by molar-refractivity contribution is 5.88. The van der Waals surface area contributed by atoms with Crippen LogP contribution < -0.4 is 4.90 Å². The molecule has 1 N–H and O–H groups in total. The van der Waals surface area contributed by atoms with E-state index in [2.05, 4.69) is 9.88 Å². The van der Waals surface area contributed by atoms with E-state index in [0.717, 1.165) is 43.6 Å². The largest absolute Gasteiger partial charge is 0.478 e. The Kier molecular flexibility index (Phi) is 3.86. The lowest BCUT2D eigenvalue weighted by Crippen LogP contribution is -2.31. The van der Waals surface area contributed by atoms with E-state index in [0.29, 0.717) is 5.56 Å². The predicted molar refractivity (Wildman–Crippen MR) is 81.9 cm³/mol. The second kappa shape index (κ2) is 5.95. The molecule has 21 heavy (non-hydrogen) atoms. The van der Waals surface area contributed by atoms with Crippen molar-refractivity contribution in [2.24, 2.45) is 0 Å². The van der Waals surface area contributed by atoms with E-state index in [1.54, 1.807) is 6.07 Å². The quantitative estimate of drug-likeness (QED) is 0.937. The molecule has 1 aliphatic rings. The molecule has 2 aromatic rings. The van der Waals surface area contributed by atoms with Crippen LogP contribution in [0.2, 0.25) is 0 Å². The third-order valence-corrected chi connectivity index (χ3v) is 3.91. The highest BCUT2D eigenvalue weighted by Crippen LogP contribution is 2.28. The van der Waals surface area contributed by atoms with Gasteiger partial charge in [0.2, 0.25) is 0 Å². The summed E-state index contributed by atoms with van der Waals surface area (Å²) in [4.78, 5) is 17.7. The molecule has 1 aliphatic heterocycles. The number of anilines is 1. The summed E-state index contributed by atoms with van der Waals surface area (Å²) in [6.07, 6.45) is 4.74. The number of benzene rings is 1. The van der Waals surface area contributed by atoms with Crippen molar-refractivity contribution in [1.29, 1.82) is 0 Å². The van der Waals surface area contributed by atoms with Crippen LogP contribution in [0.5, 0.6) is 0 Å². The van der Waals surface area contributed by atoms with Gasteiger partial charge >= 0.3 is 5.97 Å². The number of pyridine rings is 1. The molecule has 0 saturated carbocycles. The molecule has 0 bridgehead atoms. The molecule has 0 saturated heterocycles. The molecule has 1 aromatic heterocycles. The van der Waals surface area contributed by atoms with Crippen LogP contribution in [-0.4, -0.2) is 29.1 Å². The first-order valence-corrected chi connectivity index (χ1v) is 7.25.